The molecule has 3 heteroatoms. The highest BCUT2D eigenvalue weighted by atomic mass is 16.4. The first-order chi connectivity index (χ1) is 7.54. The Morgan fingerprint density at radius 1 is 1.44 bits per heavy atom. The molecule has 0 heterocycles. The monoisotopic (exact) mass is 221 g/mol. The second kappa shape index (κ2) is 5.54. The lowest BCUT2D eigenvalue weighted by atomic mass is 10.0. The van der Waals surface area contributed by atoms with Crippen molar-refractivity contribution in [2.75, 3.05) is 5.32 Å². The third kappa shape index (κ3) is 3.26. The minimum absolute atomic E-state index is 0.0791. The van der Waals surface area contributed by atoms with Gasteiger partial charge in [0.25, 0.3) is 0 Å². The van der Waals surface area contributed by atoms with E-state index in [-0.39, 0.29) is 6.04 Å². The highest BCUT2D eigenvalue weighted by Gasteiger charge is 2.18. The SMILES string of the molecule is CCc1cccc(NC(C)C(C)C(=O)O)c1. The van der Waals surface area contributed by atoms with Crippen LogP contribution in [-0.4, -0.2) is 17.1 Å². The topological polar surface area (TPSA) is 49.3 Å². The minimum atomic E-state index is -0.772. The van der Waals surface area contributed by atoms with E-state index in [1.165, 1.54) is 5.56 Å². The smallest absolute Gasteiger partial charge is 0.308 e. The van der Waals surface area contributed by atoms with Gasteiger partial charge in [-0.05, 0) is 38.0 Å². The summed E-state index contributed by atoms with van der Waals surface area (Å²) in [6.07, 6.45) is 0.985. The van der Waals surface area contributed by atoms with E-state index in [9.17, 15) is 4.79 Å². The van der Waals surface area contributed by atoms with Gasteiger partial charge in [-0.1, -0.05) is 19.1 Å². The zero-order valence-electron chi connectivity index (χ0n) is 10.0. The Kier molecular flexibility index (Phi) is 4.35. The molecule has 0 aliphatic heterocycles. The van der Waals surface area contributed by atoms with Gasteiger partial charge >= 0.3 is 5.97 Å². The Hall–Kier alpha value is -1.51. The Morgan fingerprint density at radius 3 is 2.69 bits per heavy atom. The van der Waals surface area contributed by atoms with Gasteiger partial charge < -0.3 is 10.4 Å². The van der Waals surface area contributed by atoms with Gasteiger partial charge in [0.15, 0.2) is 0 Å². The van der Waals surface area contributed by atoms with Gasteiger partial charge in [-0.25, -0.2) is 0 Å². The third-order valence-corrected chi connectivity index (χ3v) is 2.87. The van der Waals surface area contributed by atoms with Crippen molar-refractivity contribution < 1.29 is 9.90 Å². The summed E-state index contributed by atoms with van der Waals surface area (Å²) in [6, 6.07) is 8.00. The number of carbonyl (C=O) groups is 1. The fourth-order valence-electron chi connectivity index (χ4n) is 1.48. The van der Waals surface area contributed by atoms with Crippen molar-refractivity contribution in [2.45, 2.75) is 33.2 Å². The Balaban J connectivity index is 2.68. The Bertz CT molecular complexity index is 363. The molecule has 0 spiro atoms. The van der Waals surface area contributed by atoms with Crippen LogP contribution >= 0.6 is 0 Å². The first-order valence-electron chi connectivity index (χ1n) is 5.63. The van der Waals surface area contributed by atoms with Crippen LogP contribution in [0.15, 0.2) is 24.3 Å². The van der Waals surface area contributed by atoms with Crippen molar-refractivity contribution in [3.05, 3.63) is 29.8 Å². The van der Waals surface area contributed by atoms with Crippen LogP contribution in [0.1, 0.15) is 26.3 Å². The number of hydrogen-bond acceptors (Lipinski definition) is 2. The molecule has 0 aliphatic rings. The Morgan fingerprint density at radius 2 is 2.12 bits per heavy atom. The Labute approximate surface area is 96.5 Å². The molecule has 0 saturated heterocycles. The van der Waals surface area contributed by atoms with Crippen molar-refractivity contribution in [3.8, 4) is 0 Å². The first kappa shape index (κ1) is 12.6. The maximum atomic E-state index is 10.8. The second-order valence-corrected chi connectivity index (χ2v) is 4.11. The molecule has 0 bridgehead atoms. The molecule has 0 saturated carbocycles. The molecule has 0 amide bonds. The van der Waals surface area contributed by atoms with E-state index >= 15 is 0 Å². The van der Waals surface area contributed by atoms with Crippen LogP contribution in [0.2, 0.25) is 0 Å². The summed E-state index contributed by atoms with van der Waals surface area (Å²) >= 11 is 0. The molecule has 1 aromatic rings. The summed E-state index contributed by atoms with van der Waals surface area (Å²) in [6.45, 7) is 5.70. The van der Waals surface area contributed by atoms with Crippen molar-refractivity contribution in [1.29, 1.82) is 0 Å². The van der Waals surface area contributed by atoms with Crippen molar-refractivity contribution in [2.24, 2.45) is 5.92 Å². The second-order valence-electron chi connectivity index (χ2n) is 4.11. The number of aliphatic carboxylic acids is 1. The molecule has 0 radical (unpaired) electrons. The maximum absolute atomic E-state index is 10.8. The number of aryl methyl sites for hydroxylation is 1. The standard InChI is InChI=1S/C13H19NO2/c1-4-11-6-5-7-12(8-11)14-10(3)9(2)13(15)16/h5-10,14H,4H2,1-3H3,(H,15,16). The lowest BCUT2D eigenvalue weighted by Crippen LogP contribution is -2.29. The summed E-state index contributed by atoms with van der Waals surface area (Å²) < 4.78 is 0. The maximum Gasteiger partial charge on any atom is 0.308 e. The number of anilines is 1. The molecule has 2 unspecified atom stereocenters. The van der Waals surface area contributed by atoms with Crippen LogP contribution < -0.4 is 5.32 Å². The van der Waals surface area contributed by atoms with Crippen LogP contribution in [0.3, 0.4) is 0 Å². The molecule has 2 N–H and O–H groups in total. The summed E-state index contributed by atoms with van der Waals surface area (Å²) in [5, 5.41) is 12.1. The minimum Gasteiger partial charge on any atom is -0.481 e. The highest BCUT2D eigenvalue weighted by Crippen LogP contribution is 2.15. The molecule has 0 aliphatic carbocycles. The average Bonchev–Trinajstić information content (AvgIpc) is 2.28. The molecule has 2 atom stereocenters. The van der Waals surface area contributed by atoms with Gasteiger partial charge in [0.05, 0.1) is 5.92 Å². The lowest BCUT2D eigenvalue weighted by Gasteiger charge is -2.19. The molecule has 0 aromatic heterocycles. The summed E-state index contributed by atoms with van der Waals surface area (Å²) in [5.41, 5.74) is 2.24. The van der Waals surface area contributed by atoms with E-state index in [2.05, 4.69) is 24.4 Å². The van der Waals surface area contributed by atoms with E-state index in [1.807, 2.05) is 19.1 Å². The molecule has 16 heavy (non-hydrogen) atoms. The number of hydrogen-bond donors (Lipinski definition) is 2. The van der Waals surface area contributed by atoms with Gasteiger partial charge in [0.1, 0.15) is 0 Å². The van der Waals surface area contributed by atoms with Crippen LogP contribution in [-0.2, 0) is 11.2 Å². The van der Waals surface area contributed by atoms with E-state index < -0.39 is 11.9 Å². The van der Waals surface area contributed by atoms with Crippen molar-refractivity contribution in [1.82, 2.24) is 0 Å². The van der Waals surface area contributed by atoms with Gasteiger partial charge in [-0.15, -0.1) is 0 Å². The van der Waals surface area contributed by atoms with E-state index in [1.54, 1.807) is 6.92 Å². The van der Waals surface area contributed by atoms with E-state index in [4.69, 9.17) is 5.11 Å². The average molecular weight is 221 g/mol. The number of rotatable bonds is 5. The molecular formula is C13H19NO2. The summed E-state index contributed by atoms with van der Waals surface area (Å²) in [7, 11) is 0. The van der Waals surface area contributed by atoms with Crippen LogP contribution in [0.4, 0.5) is 5.69 Å². The number of nitrogens with one attached hydrogen (secondary N) is 1. The predicted molar refractivity (Wildman–Crippen MR) is 65.7 cm³/mol. The summed E-state index contributed by atoms with van der Waals surface area (Å²) in [5.74, 6) is -1.17. The molecular weight excluding hydrogens is 202 g/mol. The van der Waals surface area contributed by atoms with Gasteiger partial charge in [-0.2, -0.15) is 0 Å². The normalized spacial score (nSPS) is 14.2. The largest absolute Gasteiger partial charge is 0.481 e. The van der Waals surface area contributed by atoms with Gasteiger partial charge in [0, 0.05) is 11.7 Å². The quantitative estimate of drug-likeness (QED) is 0.803. The van der Waals surface area contributed by atoms with Gasteiger partial charge in [0.2, 0.25) is 0 Å². The van der Waals surface area contributed by atoms with Crippen molar-refractivity contribution >= 4 is 11.7 Å². The molecule has 1 rings (SSSR count). The summed E-state index contributed by atoms with van der Waals surface area (Å²) in [4.78, 5) is 10.8. The highest BCUT2D eigenvalue weighted by molar-refractivity contribution is 5.71. The fourth-order valence-corrected chi connectivity index (χ4v) is 1.48. The lowest BCUT2D eigenvalue weighted by molar-refractivity contribution is -0.141. The van der Waals surface area contributed by atoms with Crippen LogP contribution in [0, 0.1) is 5.92 Å². The van der Waals surface area contributed by atoms with Gasteiger partial charge in [-0.3, -0.25) is 4.79 Å². The third-order valence-electron chi connectivity index (χ3n) is 2.87. The van der Waals surface area contributed by atoms with E-state index in [0.29, 0.717) is 0 Å². The van der Waals surface area contributed by atoms with Crippen molar-refractivity contribution in [3.63, 3.8) is 0 Å². The number of benzene rings is 1. The zero-order chi connectivity index (χ0) is 12.1. The van der Waals surface area contributed by atoms with E-state index in [0.717, 1.165) is 12.1 Å². The number of carboxylic acids is 1. The predicted octanol–water partition coefficient (Wildman–Crippen LogP) is 2.77. The zero-order valence-corrected chi connectivity index (χ0v) is 10.0. The molecule has 88 valence electrons. The first-order valence-corrected chi connectivity index (χ1v) is 5.63. The fraction of sp³-hybridized carbons (Fsp3) is 0.462. The molecule has 0 fully saturated rings. The van der Waals surface area contributed by atoms with Crippen LogP contribution in [0.25, 0.3) is 0 Å². The van der Waals surface area contributed by atoms with Crippen LogP contribution in [0.5, 0.6) is 0 Å². The molecule has 3 nitrogen and oxygen atoms in total. The number of carboxylic acid groups (broad SMARTS) is 1. The molecule has 1 aromatic carbocycles.